The molecular formula is C15H14N2O3S. The van der Waals surface area contributed by atoms with Crippen LogP contribution in [0.3, 0.4) is 0 Å². The number of hydrogen-bond donors (Lipinski definition) is 2. The lowest BCUT2D eigenvalue weighted by molar-refractivity contribution is -0.130. The van der Waals surface area contributed by atoms with Gasteiger partial charge in [0, 0.05) is 16.6 Å². The van der Waals surface area contributed by atoms with Gasteiger partial charge in [-0.05, 0) is 25.3 Å². The van der Waals surface area contributed by atoms with Crippen molar-refractivity contribution in [1.82, 2.24) is 4.98 Å². The van der Waals surface area contributed by atoms with Crippen LogP contribution in [-0.4, -0.2) is 27.4 Å². The Morgan fingerprint density at radius 3 is 2.90 bits per heavy atom. The van der Waals surface area contributed by atoms with Gasteiger partial charge in [-0.1, -0.05) is 24.3 Å². The molecule has 0 saturated heterocycles. The van der Waals surface area contributed by atoms with Gasteiger partial charge in [-0.3, -0.25) is 14.9 Å². The molecule has 0 radical (unpaired) electrons. The van der Waals surface area contributed by atoms with Gasteiger partial charge in [-0.2, -0.15) is 0 Å². The molecule has 1 aromatic heterocycles. The zero-order valence-corrected chi connectivity index (χ0v) is 12.2. The molecule has 0 spiro atoms. The van der Waals surface area contributed by atoms with Crippen LogP contribution < -0.4 is 5.32 Å². The van der Waals surface area contributed by atoms with E-state index in [9.17, 15) is 14.7 Å². The number of nitrogens with zero attached hydrogens (tertiary/aromatic N) is 1. The van der Waals surface area contributed by atoms with Crippen molar-refractivity contribution < 1.29 is 14.7 Å². The molecular weight excluding hydrogens is 288 g/mol. The van der Waals surface area contributed by atoms with Gasteiger partial charge >= 0.3 is 0 Å². The number of Topliss-reactive ketones (excluding diaryl/α,β-unsaturated/α-hetero) is 1. The van der Waals surface area contributed by atoms with E-state index in [-0.39, 0.29) is 6.42 Å². The van der Waals surface area contributed by atoms with Crippen LogP contribution in [0.2, 0.25) is 0 Å². The molecule has 5 nitrogen and oxygen atoms in total. The van der Waals surface area contributed by atoms with Crippen LogP contribution in [-0.2, 0) is 11.2 Å². The van der Waals surface area contributed by atoms with Crippen molar-refractivity contribution in [3.8, 4) is 0 Å². The lowest BCUT2D eigenvalue weighted by Gasteiger charge is -2.30. The van der Waals surface area contributed by atoms with Gasteiger partial charge < -0.3 is 5.11 Å². The highest BCUT2D eigenvalue weighted by Gasteiger charge is 2.47. The highest BCUT2D eigenvalue weighted by molar-refractivity contribution is 7.15. The summed E-state index contributed by atoms with van der Waals surface area (Å²) < 4.78 is 0. The Labute approximate surface area is 125 Å². The summed E-state index contributed by atoms with van der Waals surface area (Å²) in [7, 11) is 0. The lowest BCUT2D eigenvalue weighted by Crippen LogP contribution is -2.52. The summed E-state index contributed by atoms with van der Waals surface area (Å²) in [5.74, 6) is -1.26. The summed E-state index contributed by atoms with van der Waals surface area (Å²) in [6.07, 6.45) is 2.20. The molecule has 1 aliphatic rings. The Morgan fingerprint density at radius 1 is 1.43 bits per heavy atom. The van der Waals surface area contributed by atoms with Gasteiger partial charge in [0.1, 0.15) is 0 Å². The molecule has 108 valence electrons. The third-order valence-electron chi connectivity index (χ3n) is 3.61. The second-order valence-electron chi connectivity index (χ2n) is 5.08. The second-order valence-corrected chi connectivity index (χ2v) is 6.31. The van der Waals surface area contributed by atoms with Gasteiger partial charge in [0.15, 0.2) is 5.13 Å². The topological polar surface area (TPSA) is 79.3 Å². The zero-order valence-electron chi connectivity index (χ0n) is 11.4. The first-order valence-corrected chi connectivity index (χ1v) is 7.41. The highest BCUT2D eigenvalue weighted by Crippen LogP contribution is 2.30. The first kappa shape index (κ1) is 13.9. The molecule has 1 amide bonds. The minimum atomic E-state index is -2.02. The fourth-order valence-corrected chi connectivity index (χ4v) is 3.10. The Balaban J connectivity index is 1.87. The van der Waals surface area contributed by atoms with E-state index in [2.05, 4.69) is 10.3 Å². The van der Waals surface area contributed by atoms with Crippen LogP contribution in [0.25, 0.3) is 0 Å². The highest BCUT2D eigenvalue weighted by atomic mass is 32.1. The minimum absolute atomic E-state index is 0.0824. The normalized spacial score (nSPS) is 21.0. The number of amides is 1. The van der Waals surface area contributed by atoms with Crippen molar-refractivity contribution in [2.24, 2.45) is 0 Å². The number of thiazole rings is 1. The van der Waals surface area contributed by atoms with E-state index < -0.39 is 17.3 Å². The van der Waals surface area contributed by atoms with E-state index in [1.54, 1.807) is 18.3 Å². The summed E-state index contributed by atoms with van der Waals surface area (Å²) in [6, 6.07) is 7.05. The van der Waals surface area contributed by atoms with Crippen molar-refractivity contribution >= 4 is 28.2 Å². The van der Waals surface area contributed by atoms with Crippen molar-refractivity contribution in [2.45, 2.75) is 25.4 Å². The second kappa shape index (κ2) is 5.05. The van der Waals surface area contributed by atoms with Crippen molar-refractivity contribution in [3.63, 3.8) is 0 Å². The van der Waals surface area contributed by atoms with E-state index in [4.69, 9.17) is 0 Å². The third-order valence-corrected chi connectivity index (χ3v) is 4.44. The quantitative estimate of drug-likeness (QED) is 0.831. The molecule has 2 aromatic rings. The fraction of sp³-hybridized carbons (Fsp3) is 0.267. The Hall–Kier alpha value is -2.05. The molecule has 0 bridgehead atoms. The number of rotatable bonds is 2. The summed E-state index contributed by atoms with van der Waals surface area (Å²) >= 11 is 1.30. The maximum Gasteiger partial charge on any atom is 0.266 e. The van der Waals surface area contributed by atoms with Crippen LogP contribution in [0.4, 0.5) is 5.13 Å². The number of aryl methyl sites for hydroxylation is 2. The van der Waals surface area contributed by atoms with E-state index in [0.29, 0.717) is 17.1 Å². The molecule has 3 rings (SSSR count). The van der Waals surface area contributed by atoms with E-state index in [0.717, 1.165) is 10.4 Å². The van der Waals surface area contributed by atoms with Crippen LogP contribution in [0.5, 0.6) is 0 Å². The molecule has 6 heteroatoms. The molecule has 1 heterocycles. The Bertz CT molecular complexity index is 725. The number of benzene rings is 1. The average molecular weight is 302 g/mol. The van der Waals surface area contributed by atoms with E-state index >= 15 is 0 Å². The van der Waals surface area contributed by atoms with Gasteiger partial charge in [-0.15, -0.1) is 11.3 Å². The Kier molecular flexibility index (Phi) is 3.35. The van der Waals surface area contributed by atoms with Crippen LogP contribution in [0.1, 0.15) is 27.2 Å². The molecule has 2 N–H and O–H groups in total. The van der Waals surface area contributed by atoms with Crippen molar-refractivity contribution in [1.29, 1.82) is 0 Å². The number of carbonyl (C=O) groups excluding carboxylic acids is 2. The standard InChI is InChI=1S/C15H14N2O3S/c1-9-8-16-14(21-9)17-13(19)15(20)7-6-10-4-2-3-5-11(10)12(15)18/h2-5,8,20H,6-7H2,1H3,(H,16,17,19). The summed E-state index contributed by atoms with van der Waals surface area (Å²) in [6.45, 7) is 1.87. The number of carbonyl (C=O) groups is 2. The molecule has 1 aromatic carbocycles. The van der Waals surface area contributed by atoms with E-state index in [1.165, 1.54) is 11.3 Å². The monoisotopic (exact) mass is 302 g/mol. The SMILES string of the molecule is Cc1cnc(NC(=O)C2(O)CCc3ccccc3C2=O)s1. The average Bonchev–Trinajstić information content (AvgIpc) is 2.88. The smallest absolute Gasteiger partial charge is 0.266 e. The maximum atomic E-state index is 12.4. The number of aliphatic hydroxyl groups is 1. The molecule has 0 saturated carbocycles. The van der Waals surface area contributed by atoms with Crippen LogP contribution >= 0.6 is 11.3 Å². The van der Waals surface area contributed by atoms with Crippen LogP contribution in [0.15, 0.2) is 30.5 Å². The molecule has 1 unspecified atom stereocenters. The maximum absolute atomic E-state index is 12.4. The molecule has 1 aliphatic carbocycles. The number of aromatic nitrogens is 1. The van der Waals surface area contributed by atoms with Gasteiger partial charge in [0.05, 0.1) is 0 Å². The molecule has 1 atom stereocenters. The minimum Gasteiger partial charge on any atom is -0.373 e. The summed E-state index contributed by atoms with van der Waals surface area (Å²) in [4.78, 5) is 29.7. The largest absolute Gasteiger partial charge is 0.373 e. The van der Waals surface area contributed by atoms with E-state index in [1.807, 2.05) is 19.1 Å². The predicted molar refractivity (Wildman–Crippen MR) is 79.5 cm³/mol. The molecule has 21 heavy (non-hydrogen) atoms. The first-order chi connectivity index (χ1) is 10.0. The van der Waals surface area contributed by atoms with Crippen molar-refractivity contribution in [3.05, 3.63) is 46.5 Å². The molecule has 0 fully saturated rings. The number of nitrogens with one attached hydrogen (secondary N) is 1. The summed E-state index contributed by atoms with van der Waals surface area (Å²) in [5.41, 5.74) is -0.740. The predicted octanol–water partition coefficient (Wildman–Crippen LogP) is 1.95. The van der Waals surface area contributed by atoms with Gasteiger partial charge in [0.2, 0.25) is 11.4 Å². The van der Waals surface area contributed by atoms with Gasteiger partial charge in [-0.25, -0.2) is 4.98 Å². The fourth-order valence-electron chi connectivity index (χ4n) is 2.44. The summed E-state index contributed by atoms with van der Waals surface area (Å²) in [5, 5.41) is 13.5. The van der Waals surface area contributed by atoms with Crippen LogP contribution in [0, 0.1) is 6.92 Å². The zero-order chi connectivity index (χ0) is 15.0. The third kappa shape index (κ3) is 2.36. The molecule has 0 aliphatic heterocycles. The first-order valence-electron chi connectivity index (χ1n) is 6.60. The number of hydrogen-bond acceptors (Lipinski definition) is 5. The number of anilines is 1. The van der Waals surface area contributed by atoms with Gasteiger partial charge in [0.25, 0.3) is 5.91 Å². The van der Waals surface area contributed by atoms with Crippen molar-refractivity contribution in [2.75, 3.05) is 5.32 Å². The number of ketones is 1. The lowest BCUT2D eigenvalue weighted by atomic mass is 9.79. The Morgan fingerprint density at radius 2 is 2.19 bits per heavy atom. The number of fused-ring (bicyclic) bond motifs is 1.